The second-order valence-electron chi connectivity index (χ2n) is 6.26. The number of benzene rings is 1. The van der Waals surface area contributed by atoms with Crippen LogP contribution in [0.1, 0.15) is 49.2 Å². The summed E-state index contributed by atoms with van der Waals surface area (Å²) in [7, 11) is 0. The van der Waals surface area contributed by atoms with Crippen molar-refractivity contribution in [1.29, 1.82) is 0 Å². The van der Waals surface area contributed by atoms with Crippen molar-refractivity contribution in [2.24, 2.45) is 0 Å². The number of aromatic nitrogens is 2. The summed E-state index contributed by atoms with van der Waals surface area (Å²) in [4.78, 5) is 21.3. The topological polar surface area (TPSA) is 66.9 Å². The Hall–Kier alpha value is -2.61. The predicted octanol–water partition coefficient (Wildman–Crippen LogP) is 4.89. The SMILES string of the molecule is CC.O=C(NC1CCC1)c1nc(NCc2cc(F)cc(F)c2)nc2ccsc12. The summed E-state index contributed by atoms with van der Waals surface area (Å²) in [6.07, 6.45) is 3.10. The van der Waals surface area contributed by atoms with E-state index >= 15 is 0 Å². The minimum Gasteiger partial charge on any atom is -0.350 e. The molecule has 1 aliphatic rings. The van der Waals surface area contributed by atoms with Crippen LogP contribution in [0.5, 0.6) is 0 Å². The number of nitrogens with zero attached hydrogens (tertiary/aromatic N) is 2. The Bertz CT molecular complexity index is 952. The van der Waals surface area contributed by atoms with Gasteiger partial charge < -0.3 is 10.6 Å². The number of rotatable bonds is 5. The maximum Gasteiger partial charge on any atom is 0.271 e. The molecule has 0 atom stereocenters. The lowest BCUT2D eigenvalue weighted by Gasteiger charge is -2.26. The summed E-state index contributed by atoms with van der Waals surface area (Å²) < 4.78 is 27.3. The molecule has 28 heavy (non-hydrogen) atoms. The standard InChI is InChI=1S/C18H16F2N4OS.C2H6/c19-11-6-10(7-12(20)8-11)9-21-18-23-14-4-5-26-16(14)15(24-18)17(25)22-13-2-1-3-13;1-2/h4-8,13H,1-3,9H2,(H,22,25)(H,21,23,24);1-2H3. The first-order valence-electron chi connectivity index (χ1n) is 9.33. The van der Waals surface area contributed by atoms with E-state index < -0.39 is 11.6 Å². The lowest BCUT2D eigenvalue weighted by Crippen LogP contribution is -2.39. The Balaban J connectivity index is 0.00000109. The first-order chi connectivity index (χ1) is 13.6. The molecule has 2 heterocycles. The number of hydrogen-bond acceptors (Lipinski definition) is 5. The molecule has 2 aromatic heterocycles. The van der Waals surface area contributed by atoms with Crippen molar-refractivity contribution in [3.8, 4) is 0 Å². The van der Waals surface area contributed by atoms with Gasteiger partial charge in [0.25, 0.3) is 5.91 Å². The van der Waals surface area contributed by atoms with Crippen LogP contribution in [-0.4, -0.2) is 21.9 Å². The maximum absolute atomic E-state index is 13.3. The van der Waals surface area contributed by atoms with Gasteiger partial charge in [-0.25, -0.2) is 18.7 Å². The summed E-state index contributed by atoms with van der Waals surface area (Å²) in [5.74, 6) is -1.25. The number of anilines is 1. The van der Waals surface area contributed by atoms with E-state index in [1.165, 1.54) is 23.5 Å². The van der Waals surface area contributed by atoms with Crippen LogP contribution in [0.3, 0.4) is 0 Å². The summed E-state index contributed by atoms with van der Waals surface area (Å²) in [5, 5.41) is 7.78. The highest BCUT2D eigenvalue weighted by molar-refractivity contribution is 7.17. The fourth-order valence-electron chi connectivity index (χ4n) is 2.80. The molecule has 148 valence electrons. The fraction of sp³-hybridized carbons (Fsp3) is 0.350. The van der Waals surface area contributed by atoms with E-state index in [2.05, 4.69) is 20.6 Å². The monoisotopic (exact) mass is 404 g/mol. The molecule has 0 bridgehead atoms. The smallest absolute Gasteiger partial charge is 0.271 e. The molecular formula is C20H22F2N4OS. The van der Waals surface area contributed by atoms with Gasteiger partial charge in [-0.3, -0.25) is 4.79 Å². The van der Waals surface area contributed by atoms with Gasteiger partial charge in [0.15, 0.2) is 5.69 Å². The Kier molecular flexibility index (Phi) is 6.51. The average Bonchev–Trinajstić information content (AvgIpc) is 3.11. The highest BCUT2D eigenvalue weighted by Gasteiger charge is 2.23. The molecule has 0 spiro atoms. The van der Waals surface area contributed by atoms with Gasteiger partial charge in [0, 0.05) is 18.7 Å². The van der Waals surface area contributed by atoms with Gasteiger partial charge >= 0.3 is 0 Å². The average molecular weight is 404 g/mol. The first-order valence-corrected chi connectivity index (χ1v) is 10.2. The molecule has 1 aliphatic carbocycles. The van der Waals surface area contributed by atoms with E-state index in [0.717, 1.165) is 30.0 Å². The van der Waals surface area contributed by atoms with Gasteiger partial charge in [0.05, 0.1) is 10.2 Å². The number of amides is 1. The molecule has 1 amide bonds. The second kappa shape index (κ2) is 9.05. The van der Waals surface area contributed by atoms with E-state index in [-0.39, 0.29) is 24.4 Å². The number of thiophene rings is 1. The van der Waals surface area contributed by atoms with Crippen molar-refractivity contribution in [2.45, 2.75) is 45.7 Å². The normalized spacial score (nSPS) is 13.4. The summed E-state index contributed by atoms with van der Waals surface area (Å²) in [5.41, 5.74) is 1.42. The molecular weight excluding hydrogens is 382 g/mol. The van der Waals surface area contributed by atoms with Crippen LogP contribution >= 0.6 is 11.3 Å². The van der Waals surface area contributed by atoms with Crippen molar-refractivity contribution in [3.63, 3.8) is 0 Å². The van der Waals surface area contributed by atoms with Gasteiger partial charge in [-0.05, 0) is 48.4 Å². The van der Waals surface area contributed by atoms with Crippen LogP contribution < -0.4 is 10.6 Å². The Morgan fingerprint density at radius 2 is 1.89 bits per heavy atom. The zero-order valence-electron chi connectivity index (χ0n) is 15.8. The predicted molar refractivity (Wildman–Crippen MR) is 108 cm³/mol. The molecule has 1 aromatic carbocycles. The molecule has 2 N–H and O–H groups in total. The minimum absolute atomic E-state index is 0.147. The molecule has 5 nitrogen and oxygen atoms in total. The van der Waals surface area contributed by atoms with Crippen molar-refractivity contribution < 1.29 is 13.6 Å². The largest absolute Gasteiger partial charge is 0.350 e. The Morgan fingerprint density at radius 3 is 2.54 bits per heavy atom. The molecule has 0 unspecified atom stereocenters. The number of carbonyl (C=O) groups excluding carboxylic acids is 1. The molecule has 1 saturated carbocycles. The first kappa shape index (κ1) is 20.1. The lowest BCUT2D eigenvalue weighted by molar-refractivity contribution is 0.0914. The van der Waals surface area contributed by atoms with Crippen LogP contribution in [0.15, 0.2) is 29.6 Å². The van der Waals surface area contributed by atoms with Crippen LogP contribution in [0.4, 0.5) is 14.7 Å². The molecule has 0 saturated heterocycles. The van der Waals surface area contributed by atoms with Crippen LogP contribution in [0.25, 0.3) is 10.2 Å². The molecule has 0 aliphatic heterocycles. The van der Waals surface area contributed by atoms with E-state index in [4.69, 9.17) is 0 Å². The molecule has 8 heteroatoms. The molecule has 3 aromatic rings. The Labute approximate surface area is 166 Å². The number of carbonyl (C=O) groups is 1. The second-order valence-corrected chi connectivity index (χ2v) is 7.18. The minimum atomic E-state index is -0.642. The number of nitrogens with one attached hydrogen (secondary N) is 2. The van der Waals surface area contributed by atoms with Crippen LogP contribution in [-0.2, 0) is 6.54 Å². The van der Waals surface area contributed by atoms with Crippen molar-refractivity contribution in [3.05, 3.63) is 52.5 Å². The third kappa shape index (κ3) is 4.62. The van der Waals surface area contributed by atoms with E-state index in [0.29, 0.717) is 16.8 Å². The van der Waals surface area contributed by atoms with Crippen LogP contribution in [0, 0.1) is 11.6 Å². The summed E-state index contributed by atoms with van der Waals surface area (Å²) in [6, 6.07) is 5.32. The molecule has 1 fully saturated rings. The third-order valence-electron chi connectivity index (χ3n) is 4.33. The van der Waals surface area contributed by atoms with Gasteiger partial charge in [-0.2, -0.15) is 0 Å². The quantitative estimate of drug-likeness (QED) is 0.635. The van der Waals surface area contributed by atoms with Gasteiger partial charge in [-0.1, -0.05) is 13.8 Å². The van der Waals surface area contributed by atoms with Gasteiger partial charge in [0.2, 0.25) is 5.95 Å². The highest BCUT2D eigenvalue weighted by Crippen LogP contribution is 2.25. The van der Waals surface area contributed by atoms with Crippen LogP contribution in [0.2, 0.25) is 0 Å². The van der Waals surface area contributed by atoms with Gasteiger partial charge in [-0.15, -0.1) is 11.3 Å². The number of fused-ring (bicyclic) bond motifs is 1. The van der Waals surface area contributed by atoms with Gasteiger partial charge in [0.1, 0.15) is 11.6 Å². The fourth-order valence-corrected chi connectivity index (χ4v) is 3.61. The third-order valence-corrected chi connectivity index (χ3v) is 5.24. The van der Waals surface area contributed by atoms with Crippen molar-refractivity contribution >= 4 is 33.4 Å². The highest BCUT2D eigenvalue weighted by atomic mass is 32.1. The van der Waals surface area contributed by atoms with E-state index in [9.17, 15) is 13.6 Å². The zero-order valence-corrected chi connectivity index (χ0v) is 16.6. The summed E-state index contributed by atoms with van der Waals surface area (Å²) in [6.45, 7) is 4.15. The van der Waals surface area contributed by atoms with Crippen molar-refractivity contribution in [1.82, 2.24) is 15.3 Å². The van der Waals surface area contributed by atoms with Crippen molar-refractivity contribution in [2.75, 3.05) is 5.32 Å². The number of halogens is 2. The number of hydrogen-bond donors (Lipinski definition) is 2. The maximum atomic E-state index is 13.3. The van der Waals surface area contributed by atoms with E-state index in [1.807, 2.05) is 25.3 Å². The molecule has 4 rings (SSSR count). The lowest BCUT2D eigenvalue weighted by atomic mass is 9.93. The van der Waals surface area contributed by atoms with E-state index in [1.54, 1.807) is 0 Å². The summed E-state index contributed by atoms with van der Waals surface area (Å²) >= 11 is 1.41. The zero-order chi connectivity index (χ0) is 20.1. The molecule has 0 radical (unpaired) electrons. The Morgan fingerprint density at radius 1 is 1.18 bits per heavy atom.